The van der Waals surface area contributed by atoms with Gasteiger partial charge in [0, 0.05) is 18.3 Å². The third-order valence-corrected chi connectivity index (χ3v) is 5.88. The zero-order valence-corrected chi connectivity index (χ0v) is 15.4. The number of furan rings is 1. The summed E-state index contributed by atoms with van der Waals surface area (Å²) in [5.41, 5.74) is 1.83. The number of pyridine rings is 1. The van der Waals surface area contributed by atoms with Crippen molar-refractivity contribution in [1.82, 2.24) is 15.2 Å². The van der Waals surface area contributed by atoms with Crippen molar-refractivity contribution in [1.29, 1.82) is 5.26 Å². The van der Waals surface area contributed by atoms with Crippen molar-refractivity contribution >= 4 is 16.8 Å². The lowest BCUT2D eigenvalue weighted by atomic mass is 9.88. The molecule has 2 aromatic heterocycles. The average molecular weight is 353 g/mol. The number of hydrogen-bond donors (Lipinski definition) is 2. The fourth-order valence-corrected chi connectivity index (χ4v) is 4.29. The number of fused-ring (bicyclic) bond motifs is 1. The Bertz CT molecular complexity index is 794. The predicted octanol–water partition coefficient (Wildman–Crippen LogP) is 2.92. The highest BCUT2D eigenvalue weighted by Gasteiger charge is 2.27. The molecule has 6 heteroatoms. The Morgan fingerprint density at radius 3 is 2.81 bits per heavy atom. The maximum Gasteiger partial charge on any atom is 0.208 e. The van der Waals surface area contributed by atoms with E-state index in [-0.39, 0.29) is 0 Å². The third kappa shape index (κ3) is 3.42. The van der Waals surface area contributed by atoms with Crippen molar-refractivity contribution in [2.45, 2.75) is 31.6 Å². The van der Waals surface area contributed by atoms with Gasteiger partial charge in [-0.05, 0) is 76.8 Å². The summed E-state index contributed by atoms with van der Waals surface area (Å²) in [6, 6.07) is 4.15. The number of nitriles is 1. The Balaban J connectivity index is 1.62. The van der Waals surface area contributed by atoms with Crippen LogP contribution in [0, 0.1) is 17.2 Å². The minimum absolute atomic E-state index is 0.361. The first-order valence-electron chi connectivity index (χ1n) is 9.71. The Labute approximate surface area is 154 Å². The zero-order valence-electron chi connectivity index (χ0n) is 15.4. The molecular weight excluding hydrogens is 326 g/mol. The predicted molar refractivity (Wildman–Crippen MR) is 102 cm³/mol. The molecule has 2 aromatic rings. The van der Waals surface area contributed by atoms with Crippen LogP contribution in [0.3, 0.4) is 0 Å². The van der Waals surface area contributed by atoms with E-state index in [2.05, 4.69) is 33.6 Å². The Morgan fingerprint density at radius 2 is 2.08 bits per heavy atom. The van der Waals surface area contributed by atoms with Gasteiger partial charge in [-0.25, -0.2) is 4.98 Å². The van der Waals surface area contributed by atoms with Gasteiger partial charge in [0.05, 0.1) is 5.39 Å². The lowest BCUT2D eigenvalue weighted by Gasteiger charge is -2.29. The maximum absolute atomic E-state index is 9.59. The number of likely N-dealkylation sites (tertiary alicyclic amines) is 1. The molecule has 0 aromatic carbocycles. The highest BCUT2D eigenvalue weighted by atomic mass is 16.3. The van der Waals surface area contributed by atoms with Crippen LogP contribution in [0.2, 0.25) is 0 Å². The van der Waals surface area contributed by atoms with Crippen LogP contribution in [0.15, 0.2) is 16.7 Å². The SMILES string of the molecule is CN1CCC(CNc2nccc3oc(C#N)c(C4CCNCC4)c23)CC1. The van der Waals surface area contributed by atoms with E-state index < -0.39 is 0 Å². The van der Waals surface area contributed by atoms with Crippen LogP contribution in [0.4, 0.5) is 5.82 Å². The Kier molecular flexibility index (Phi) is 5.09. The van der Waals surface area contributed by atoms with Gasteiger partial charge in [-0.15, -0.1) is 0 Å². The lowest BCUT2D eigenvalue weighted by Crippen LogP contribution is -2.33. The Hall–Kier alpha value is -2.10. The third-order valence-electron chi connectivity index (χ3n) is 5.88. The second kappa shape index (κ2) is 7.65. The van der Waals surface area contributed by atoms with Gasteiger partial charge in [-0.2, -0.15) is 5.26 Å². The van der Waals surface area contributed by atoms with E-state index in [1.165, 1.54) is 12.8 Å². The minimum Gasteiger partial charge on any atom is -0.445 e. The van der Waals surface area contributed by atoms with E-state index in [1.54, 1.807) is 6.20 Å². The number of nitrogens with zero attached hydrogens (tertiary/aromatic N) is 3. The van der Waals surface area contributed by atoms with E-state index in [0.717, 1.165) is 67.9 Å². The van der Waals surface area contributed by atoms with E-state index in [4.69, 9.17) is 4.42 Å². The molecule has 2 aliphatic rings. The lowest BCUT2D eigenvalue weighted by molar-refractivity contribution is 0.226. The van der Waals surface area contributed by atoms with Gasteiger partial charge < -0.3 is 20.0 Å². The number of anilines is 1. The summed E-state index contributed by atoms with van der Waals surface area (Å²) in [5.74, 6) is 2.37. The van der Waals surface area contributed by atoms with Gasteiger partial charge in [0.15, 0.2) is 0 Å². The van der Waals surface area contributed by atoms with Crippen molar-refractivity contribution in [2.24, 2.45) is 5.92 Å². The molecule has 0 amide bonds. The fourth-order valence-electron chi connectivity index (χ4n) is 4.29. The normalized spacial score (nSPS) is 20.3. The van der Waals surface area contributed by atoms with Gasteiger partial charge in [-0.1, -0.05) is 0 Å². The summed E-state index contributed by atoms with van der Waals surface area (Å²) < 4.78 is 5.88. The highest BCUT2D eigenvalue weighted by Crippen LogP contribution is 2.39. The molecule has 2 aliphatic heterocycles. The fraction of sp³-hybridized carbons (Fsp3) is 0.600. The molecule has 0 radical (unpaired) electrons. The summed E-state index contributed by atoms with van der Waals surface area (Å²) in [6.07, 6.45) is 6.28. The van der Waals surface area contributed by atoms with Crippen LogP contribution in [0.25, 0.3) is 11.0 Å². The monoisotopic (exact) mass is 353 g/mol. The van der Waals surface area contributed by atoms with Gasteiger partial charge in [0.1, 0.15) is 17.5 Å². The summed E-state index contributed by atoms with van der Waals surface area (Å²) in [5, 5.41) is 17.6. The van der Waals surface area contributed by atoms with Crippen molar-refractivity contribution in [3.05, 3.63) is 23.6 Å². The molecule has 4 heterocycles. The molecule has 6 nitrogen and oxygen atoms in total. The topological polar surface area (TPSA) is 77.1 Å². The average Bonchev–Trinajstić information content (AvgIpc) is 3.07. The van der Waals surface area contributed by atoms with Crippen LogP contribution >= 0.6 is 0 Å². The summed E-state index contributed by atoms with van der Waals surface area (Å²) in [7, 11) is 2.19. The molecule has 2 saturated heterocycles. The molecule has 0 unspecified atom stereocenters. The second-order valence-electron chi connectivity index (χ2n) is 7.64. The molecule has 0 atom stereocenters. The van der Waals surface area contributed by atoms with E-state index in [1.807, 2.05) is 6.07 Å². The first-order chi connectivity index (χ1) is 12.8. The molecule has 2 fully saturated rings. The van der Waals surface area contributed by atoms with Crippen LogP contribution < -0.4 is 10.6 Å². The van der Waals surface area contributed by atoms with Crippen LogP contribution in [-0.4, -0.2) is 49.7 Å². The molecule has 0 spiro atoms. The maximum atomic E-state index is 9.59. The molecule has 0 saturated carbocycles. The standard InChI is InChI=1S/C20H27N5O/c1-25-10-5-14(6-11-25)13-24-20-19-16(4-9-23-20)26-17(12-21)18(19)15-2-7-22-8-3-15/h4,9,14-15,22H,2-3,5-8,10-11,13H2,1H3,(H,23,24). The summed E-state index contributed by atoms with van der Waals surface area (Å²) in [4.78, 5) is 6.99. The van der Waals surface area contributed by atoms with E-state index >= 15 is 0 Å². The van der Waals surface area contributed by atoms with Crippen molar-refractivity contribution in [3.63, 3.8) is 0 Å². The number of piperidine rings is 2. The molecular formula is C20H27N5O. The molecule has 138 valence electrons. The van der Waals surface area contributed by atoms with E-state index in [9.17, 15) is 5.26 Å². The second-order valence-corrected chi connectivity index (χ2v) is 7.64. The zero-order chi connectivity index (χ0) is 17.9. The smallest absolute Gasteiger partial charge is 0.208 e. The number of aromatic nitrogens is 1. The van der Waals surface area contributed by atoms with Gasteiger partial charge in [0.2, 0.25) is 5.76 Å². The molecule has 4 rings (SSSR count). The van der Waals surface area contributed by atoms with Gasteiger partial charge in [-0.3, -0.25) is 0 Å². The molecule has 0 bridgehead atoms. The molecule has 26 heavy (non-hydrogen) atoms. The number of nitrogens with one attached hydrogen (secondary N) is 2. The van der Waals surface area contributed by atoms with Crippen LogP contribution in [0.5, 0.6) is 0 Å². The molecule has 0 aliphatic carbocycles. The quantitative estimate of drug-likeness (QED) is 0.880. The first kappa shape index (κ1) is 17.3. The van der Waals surface area contributed by atoms with Crippen molar-refractivity contribution in [3.8, 4) is 6.07 Å². The van der Waals surface area contributed by atoms with Gasteiger partial charge in [0.25, 0.3) is 0 Å². The summed E-state index contributed by atoms with van der Waals surface area (Å²) >= 11 is 0. The van der Waals surface area contributed by atoms with Crippen LogP contribution in [0.1, 0.15) is 42.9 Å². The first-order valence-corrected chi connectivity index (χ1v) is 9.71. The number of hydrogen-bond acceptors (Lipinski definition) is 6. The minimum atomic E-state index is 0.361. The van der Waals surface area contributed by atoms with E-state index in [0.29, 0.717) is 17.6 Å². The highest BCUT2D eigenvalue weighted by molar-refractivity contribution is 5.93. The summed E-state index contributed by atoms with van der Waals surface area (Å²) in [6.45, 7) is 5.23. The molecule has 2 N–H and O–H groups in total. The number of rotatable bonds is 4. The van der Waals surface area contributed by atoms with Crippen LogP contribution in [-0.2, 0) is 0 Å². The van der Waals surface area contributed by atoms with Crippen molar-refractivity contribution in [2.75, 3.05) is 45.1 Å². The van der Waals surface area contributed by atoms with Crippen molar-refractivity contribution < 1.29 is 4.42 Å². The largest absolute Gasteiger partial charge is 0.445 e. The van der Waals surface area contributed by atoms with Gasteiger partial charge >= 0.3 is 0 Å². The Morgan fingerprint density at radius 1 is 1.31 bits per heavy atom.